The largest absolute Gasteiger partial charge is 0.472 e. The van der Waals surface area contributed by atoms with Crippen LogP contribution in [0.1, 0.15) is 226 Å². The smallest absolute Gasteiger partial charge is 0.463 e. The fraction of sp³-hybridized carbons (Fsp3) is 0.587. The third-order valence-electron chi connectivity index (χ3n) is 13.4. The van der Waals surface area contributed by atoms with Crippen LogP contribution in [-0.2, 0) is 55.8 Å². The number of phosphoric acid groups is 2. The van der Waals surface area contributed by atoms with Crippen molar-refractivity contribution < 1.29 is 75.8 Å². The first-order chi connectivity index (χ1) is 45.2. The number of esters is 3. The molecule has 0 aliphatic rings. The highest BCUT2D eigenvalue weighted by atomic mass is 31.2. The van der Waals surface area contributed by atoms with Crippen molar-refractivity contribution in [1.82, 2.24) is 0 Å². The van der Waals surface area contributed by atoms with Gasteiger partial charge in [0.15, 0.2) is 6.10 Å². The van der Waals surface area contributed by atoms with Crippen LogP contribution in [0, 0.1) is 0 Å². The van der Waals surface area contributed by atoms with Crippen molar-refractivity contribution in [3.05, 3.63) is 170 Å². The van der Waals surface area contributed by atoms with E-state index in [4.69, 9.17) is 32.3 Å². The first-order valence-corrected chi connectivity index (χ1v) is 37.4. The van der Waals surface area contributed by atoms with Crippen LogP contribution in [0.2, 0.25) is 0 Å². The number of unbranched alkanes of at least 4 members (excludes halogenated alkanes) is 12. The van der Waals surface area contributed by atoms with Gasteiger partial charge in [-0.2, -0.15) is 0 Å². The molecule has 0 rings (SSSR count). The zero-order chi connectivity index (χ0) is 68.1. The molecule has 0 saturated carbocycles. The average molecular weight is 1340 g/mol. The van der Waals surface area contributed by atoms with E-state index in [9.17, 15) is 43.5 Å². The minimum atomic E-state index is -4.95. The van der Waals surface area contributed by atoms with Crippen LogP contribution in [0.25, 0.3) is 0 Å². The van der Waals surface area contributed by atoms with Gasteiger partial charge in [-0.1, -0.05) is 236 Å². The van der Waals surface area contributed by atoms with E-state index in [1.54, 1.807) is 0 Å². The Bertz CT molecular complexity index is 2370. The number of ether oxygens (including phenoxy) is 3. The summed E-state index contributed by atoms with van der Waals surface area (Å²) in [5, 5.41) is 20.6. The summed E-state index contributed by atoms with van der Waals surface area (Å²) in [4.78, 5) is 58.4. The average Bonchev–Trinajstić information content (AvgIpc) is 3.73. The summed E-state index contributed by atoms with van der Waals surface area (Å²) in [6, 6.07) is 0. The molecule has 0 spiro atoms. The van der Waals surface area contributed by atoms with E-state index in [1.165, 1.54) is 0 Å². The molecule has 0 radical (unpaired) electrons. The highest BCUT2D eigenvalue weighted by Gasteiger charge is 2.29. The van der Waals surface area contributed by atoms with Gasteiger partial charge in [-0.3, -0.25) is 32.5 Å². The van der Waals surface area contributed by atoms with Gasteiger partial charge in [0.05, 0.1) is 26.4 Å². The van der Waals surface area contributed by atoms with Crippen molar-refractivity contribution in [3.63, 3.8) is 0 Å². The molecular weight excluding hydrogens is 1220 g/mol. The first-order valence-electron chi connectivity index (χ1n) is 34.4. The second kappa shape index (κ2) is 66.9. The zero-order valence-electron chi connectivity index (χ0n) is 56.9. The molecule has 0 aromatic carbocycles. The van der Waals surface area contributed by atoms with Crippen LogP contribution in [0.15, 0.2) is 170 Å². The highest BCUT2D eigenvalue weighted by molar-refractivity contribution is 7.47. The Kier molecular flexibility index (Phi) is 63.2. The molecule has 526 valence electrons. The fourth-order valence-corrected chi connectivity index (χ4v) is 9.85. The predicted molar refractivity (Wildman–Crippen MR) is 380 cm³/mol. The lowest BCUT2D eigenvalue weighted by molar-refractivity contribution is -0.161. The van der Waals surface area contributed by atoms with Crippen LogP contribution in [0.5, 0.6) is 0 Å². The van der Waals surface area contributed by atoms with Gasteiger partial charge in [-0.05, 0) is 141 Å². The van der Waals surface area contributed by atoms with Crippen molar-refractivity contribution in [3.8, 4) is 0 Å². The van der Waals surface area contributed by atoms with Crippen LogP contribution >= 0.6 is 15.6 Å². The first kappa shape index (κ1) is 87.9. The molecule has 0 aromatic heterocycles. The summed E-state index contributed by atoms with van der Waals surface area (Å²) in [6.45, 7) is 2.18. The lowest BCUT2D eigenvalue weighted by Crippen LogP contribution is -2.30. The predicted octanol–water partition coefficient (Wildman–Crippen LogP) is 19.3. The molecule has 0 amide bonds. The Morgan fingerprint density at radius 1 is 0.301 bits per heavy atom. The van der Waals surface area contributed by atoms with Crippen molar-refractivity contribution in [1.29, 1.82) is 0 Å². The maximum atomic E-state index is 12.9. The molecule has 5 unspecified atom stereocenters. The van der Waals surface area contributed by atoms with Gasteiger partial charge in [0, 0.05) is 19.3 Å². The zero-order valence-corrected chi connectivity index (χ0v) is 58.6. The van der Waals surface area contributed by atoms with Crippen molar-refractivity contribution in [2.24, 2.45) is 0 Å². The molecule has 0 bridgehead atoms. The van der Waals surface area contributed by atoms with Crippen molar-refractivity contribution in [2.45, 2.75) is 245 Å². The van der Waals surface area contributed by atoms with Gasteiger partial charge < -0.3 is 34.2 Å². The molecule has 0 aromatic rings. The van der Waals surface area contributed by atoms with Gasteiger partial charge in [0.1, 0.15) is 25.4 Å². The molecule has 93 heavy (non-hydrogen) atoms. The van der Waals surface area contributed by atoms with Gasteiger partial charge >= 0.3 is 33.6 Å². The van der Waals surface area contributed by atoms with E-state index < -0.39 is 91.5 Å². The normalized spacial score (nSPS) is 15.2. The lowest BCUT2D eigenvalue weighted by Gasteiger charge is -2.21. The molecule has 0 aliphatic heterocycles. The number of aliphatic hydroxyl groups is 2. The number of phosphoric ester groups is 2. The number of hydrogen-bond acceptors (Lipinski definition) is 14. The van der Waals surface area contributed by atoms with Crippen LogP contribution in [-0.4, -0.2) is 95.9 Å². The van der Waals surface area contributed by atoms with E-state index in [0.29, 0.717) is 25.7 Å². The number of hydrogen-bond donors (Lipinski definition) is 4. The van der Waals surface area contributed by atoms with Crippen molar-refractivity contribution in [2.75, 3.05) is 39.6 Å². The van der Waals surface area contributed by atoms with Crippen LogP contribution < -0.4 is 0 Å². The summed E-state index contributed by atoms with van der Waals surface area (Å²) < 4.78 is 60.8. The molecule has 0 saturated heterocycles. The summed E-state index contributed by atoms with van der Waals surface area (Å²) in [7, 11) is -9.82. The Labute approximate surface area is 561 Å². The number of rotatable bonds is 63. The van der Waals surface area contributed by atoms with E-state index in [2.05, 4.69) is 179 Å². The van der Waals surface area contributed by atoms with E-state index in [-0.39, 0.29) is 19.3 Å². The molecular formula is C75H120O16P2. The molecule has 0 fully saturated rings. The van der Waals surface area contributed by atoms with Crippen LogP contribution in [0.4, 0.5) is 0 Å². The van der Waals surface area contributed by atoms with E-state index in [0.717, 1.165) is 161 Å². The Morgan fingerprint density at radius 2 is 0.548 bits per heavy atom. The Balaban J connectivity index is 4.75. The van der Waals surface area contributed by atoms with Crippen molar-refractivity contribution >= 4 is 33.6 Å². The third kappa shape index (κ3) is 68.1. The number of carbonyl (C=O) groups excluding carboxylic acids is 3. The molecule has 16 nitrogen and oxygen atoms in total. The summed E-state index contributed by atoms with van der Waals surface area (Å²) in [5.74, 6) is -1.69. The Hall–Kier alpha value is -5.09. The standard InChI is InChI=1S/C75H120O16P2/c1-4-7-10-13-16-19-22-25-28-31-32-33-34-35-36-39-41-43-46-49-52-55-58-61-73(78)85-64-70(76)65-87-92(81,82)88-66-71(77)67-89-93(83,84)90-69-72(91-75(80)63-60-57-54-51-48-45-42-38-30-27-24-21-18-15-12-9-6-3)68-86-74(79)62-59-56-53-50-47-44-40-37-29-26-23-20-17-14-11-8-5-2/h7-12,16-21,25-30,32-33,35-36,40-41,43-44,50,53,70-72,76-77H,4-6,13-15,22-24,31,34,37-39,42,45-49,51-52,54-69H2,1-3H3,(H,81,82)(H,83,84)/b10-7-,11-8-,12-9-,19-16-,20-17-,21-18-,28-25-,29-26-,30-27-,33-32-,36-35-,43-41-,44-40-,53-50-. The quantitative estimate of drug-likeness (QED) is 0.0146. The summed E-state index contributed by atoms with van der Waals surface area (Å²) in [6.07, 6.45) is 82.7. The number of allylic oxidation sites excluding steroid dienone is 28. The SMILES string of the molecule is CC/C=C\C/C=C\C/C=C\C/C=C\C/C=C\C/C=C\CCCCCCC(=O)OCC(O)COP(=O)(O)OCC(O)COP(=O)(O)OCC(COC(=O)CCC/C=C\C/C=C\C/C=C\C/C=C\C/C=C\CC)OC(=O)CCCCCCCCC/C=C\C/C=C\C/C=C\CC. The monoisotopic (exact) mass is 1340 g/mol. The Morgan fingerprint density at radius 3 is 0.892 bits per heavy atom. The van der Waals surface area contributed by atoms with Gasteiger partial charge in [0.2, 0.25) is 0 Å². The lowest BCUT2D eigenvalue weighted by atomic mass is 10.1. The van der Waals surface area contributed by atoms with Gasteiger partial charge in [0.25, 0.3) is 0 Å². The second-order valence-corrected chi connectivity index (χ2v) is 25.1. The molecule has 0 aliphatic carbocycles. The van der Waals surface area contributed by atoms with Gasteiger partial charge in [-0.25, -0.2) is 9.13 Å². The maximum absolute atomic E-state index is 12.9. The van der Waals surface area contributed by atoms with E-state index in [1.807, 2.05) is 12.2 Å². The molecule has 5 atom stereocenters. The molecule has 18 heteroatoms. The van der Waals surface area contributed by atoms with Crippen LogP contribution in [0.3, 0.4) is 0 Å². The fourth-order valence-electron chi connectivity index (χ4n) is 8.27. The third-order valence-corrected chi connectivity index (χ3v) is 15.3. The topological polar surface area (TPSA) is 231 Å². The highest BCUT2D eigenvalue weighted by Crippen LogP contribution is 2.45. The summed E-state index contributed by atoms with van der Waals surface area (Å²) >= 11 is 0. The molecule has 4 N–H and O–H groups in total. The summed E-state index contributed by atoms with van der Waals surface area (Å²) in [5.41, 5.74) is 0. The maximum Gasteiger partial charge on any atom is 0.472 e. The van der Waals surface area contributed by atoms with Gasteiger partial charge in [-0.15, -0.1) is 0 Å². The van der Waals surface area contributed by atoms with E-state index >= 15 is 0 Å². The number of aliphatic hydroxyl groups excluding tert-OH is 2. The number of carbonyl (C=O) groups is 3. The minimum absolute atomic E-state index is 0.0737. The second-order valence-electron chi connectivity index (χ2n) is 22.2. The minimum Gasteiger partial charge on any atom is -0.463 e. The molecule has 0 heterocycles.